The quantitative estimate of drug-likeness (QED) is 0.563. The first-order valence-corrected chi connectivity index (χ1v) is 4.18. The van der Waals surface area contributed by atoms with E-state index in [-0.39, 0.29) is 13.2 Å². The van der Waals surface area contributed by atoms with Gasteiger partial charge < -0.3 is 9.94 Å². The Morgan fingerprint density at radius 3 is 2.36 bits per heavy atom. The molecule has 0 fully saturated rings. The van der Waals surface area contributed by atoms with Crippen LogP contribution in [-0.2, 0) is 17.9 Å². The molecule has 76 valence electrons. The third-order valence-electron chi connectivity index (χ3n) is 1.76. The maximum atomic E-state index is 9.89. The van der Waals surface area contributed by atoms with Gasteiger partial charge >= 0.3 is 0 Å². The first-order valence-electron chi connectivity index (χ1n) is 4.18. The van der Waals surface area contributed by atoms with Crippen molar-refractivity contribution in [3.05, 3.63) is 45.5 Å². The Bertz CT molecular complexity index is 296. The third-order valence-corrected chi connectivity index (χ3v) is 1.76. The van der Waals surface area contributed by atoms with Gasteiger partial charge in [-0.25, -0.2) is 0 Å². The average Bonchev–Trinajstić information content (AvgIpc) is 2.17. The zero-order valence-corrected chi connectivity index (χ0v) is 7.55. The van der Waals surface area contributed by atoms with Crippen LogP contribution in [0.1, 0.15) is 11.1 Å². The topological polar surface area (TPSA) is 72.6 Å². The number of hydrogen-bond acceptors (Lipinski definition) is 4. The van der Waals surface area contributed by atoms with Crippen LogP contribution in [0.15, 0.2) is 24.3 Å². The fourth-order valence-corrected chi connectivity index (χ4v) is 1.06. The number of benzene rings is 1. The molecule has 5 heteroatoms. The molecule has 0 amide bonds. The predicted octanol–water partition coefficient (Wildman–Crippen LogP) is 0.930. The van der Waals surface area contributed by atoms with Crippen molar-refractivity contribution < 1.29 is 15.0 Å². The van der Waals surface area contributed by atoms with E-state index in [2.05, 4.69) is 4.84 Å². The van der Waals surface area contributed by atoms with E-state index in [1.807, 2.05) is 12.1 Å². The van der Waals surface area contributed by atoms with Gasteiger partial charge in [0.05, 0.1) is 0 Å². The number of hydrogen-bond donors (Lipinski definition) is 1. The van der Waals surface area contributed by atoms with Gasteiger partial charge in [0.15, 0.2) is 0 Å². The van der Waals surface area contributed by atoms with Crippen molar-refractivity contribution in [2.45, 2.75) is 13.0 Å². The molecule has 0 aromatic heterocycles. The van der Waals surface area contributed by atoms with E-state index in [0.717, 1.165) is 11.1 Å². The summed E-state index contributed by atoms with van der Waals surface area (Å²) in [6, 6.07) is 7.12. The summed E-state index contributed by atoms with van der Waals surface area (Å²) in [4.78, 5) is 14.1. The lowest BCUT2D eigenvalue weighted by atomic mass is 10.1. The molecule has 14 heavy (non-hydrogen) atoms. The summed E-state index contributed by atoms with van der Waals surface area (Å²) in [6.45, 7) is 0.0666. The normalized spacial score (nSPS) is 9.79. The lowest BCUT2D eigenvalue weighted by Gasteiger charge is -2.01. The van der Waals surface area contributed by atoms with Crippen molar-refractivity contribution in [3.63, 3.8) is 0 Å². The lowest BCUT2D eigenvalue weighted by molar-refractivity contribution is -0.763. The van der Waals surface area contributed by atoms with Crippen molar-refractivity contribution in [3.8, 4) is 0 Å². The van der Waals surface area contributed by atoms with E-state index in [0.29, 0.717) is 6.42 Å². The zero-order chi connectivity index (χ0) is 10.4. The number of aliphatic hydroxyl groups is 1. The van der Waals surface area contributed by atoms with Crippen LogP contribution in [0, 0.1) is 10.1 Å². The van der Waals surface area contributed by atoms with Gasteiger partial charge in [-0.05, 0) is 17.5 Å². The summed E-state index contributed by atoms with van der Waals surface area (Å²) in [6.07, 6.45) is 0.594. The molecule has 0 aliphatic carbocycles. The summed E-state index contributed by atoms with van der Waals surface area (Å²) in [7, 11) is 0. The summed E-state index contributed by atoms with van der Waals surface area (Å²) >= 11 is 0. The molecule has 0 saturated heterocycles. The molecule has 0 aliphatic rings. The second-order valence-electron chi connectivity index (χ2n) is 2.79. The molecular formula is C9H11NO4. The summed E-state index contributed by atoms with van der Waals surface area (Å²) in [5.41, 5.74) is 1.74. The molecule has 0 atom stereocenters. The van der Waals surface area contributed by atoms with Gasteiger partial charge in [-0.3, -0.25) is 0 Å². The van der Waals surface area contributed by atoms with Crippen LogP contribution in [0.4, 0.5) is 0 Å². The van der Waals surface area contributed by atoms with Gasteiger partial charge in [0.2, 0.25) is 0 Å². The molecule has 5 nitrogen and oxygen atoms in total. The highest BCUT2D eigenvalue weighted by atomic mass is 16.9. The van der Waals surface area contributed by atoms with Crippen molar-refractivity contribution in [1.29, 1.82) is 0 Å². The SMILES string of the molecule is O=[N+]([O-])OCc1ccc(CCO)cc1. The van der Waals surface area contributed by atoms with Crippen LogP contribution in [0.25, 0.3) is 0 Å². The van der Waals surface area contributed by atoms with Crippen LogP contribution >= 0.6 is 0 Å². The largest absolute Gasteiger partial charge is 0.396 e. The highest BCUT2D eigenvalue weighted by molar-refractivity contribution is 5.22. The molecule has 0 saturated carbocycles. The maximum absolute atomic E-state index is 9.89. The highest BCUT2D eigenvalue weighted by Gasteiger charge is 1.97. The molecule has 0 aliphatic heterocycles. The zero-order valence-electron chi connectivity index (χ0n) is 7.55. The van der Waals surface area contributed by atoms with Crippen molar-refractivity contribution in [2.24, 2.45) is 0 Å². The maximum Gasteiger partial charge on any atom is 0.294 e. The first-order chi connectivity index (χ1) is 6.72. The minimum Gasteiger partial charge on any atom is -0.396 e. The minimum atomic E-state index is -0.818. The van der Waals surface area contributed by atoms with E-state index in [9.17, 15) is 10.1 Å². The third kappa shape index (κ3) is 3.40. The number of aliphatic hydroxyl groups excluding tert-OH is 1. The predicted molar refractivity (Wildman–Crippen MR) is 49.0 cm³/mol. The Morgan fingerprint density at radius 1 is 1.29 bits per heavy atom. The molecule has 1 N–H and O–H groups in total. The average molecular weight is 197 g/mol. The first kappa shape index (κ1) is 10.5. The number of rotatable bonds is 5. The molecule has 1 aromatic carbocycles. The van der Waals surface area contributed by atoms with Crippen molar-refractivity contribution in [1.82, 2.24) is 0 Å². The molecule has 0 heterocycles. The van der Waals surface area contributed by atoms with E-state index >= 15 is 0 Å². The molecule has 0 radical (unpaired) electrons. The van der Waals surface area contributed by atoms with Crippen molar-refractivity contribution in [2.75, 3.05) is 6.61 Å². The molecule has 1 rings (SSSR count). The Balaban J connectivity index is 2.50. The van der Waals surface area contributed by atoms with Gasteiger partial charge in [0.1, 0.15) is 6.61 Å². The molecular weight excluding hydrogens is 186 g/mol. The Labute approximate surface area is 81.0 Å². The summed E-state index contributed by atoms with van der Waals surface area (Å²) in [5, 5.41) is 17.7. The Morgan fingerprint density at radius 2 is 1.86 bits per heavy atom. The summed E-state index contributed by atoms with van der Waals surface area (Å²) in [5.74, 6) is 0. The minimum absolute atomic E-state index is 0.0353. The second-order valence-corrected chi connectivity index (χ2v) is 2.79. The summed E-state index contributed by atoms with van der Waals surface area (Å²) < 4.78 is 0. The second kappa shape index (κ2) is 5.18. The fraction of sp³-hybridized carbons (Fsp3) is 0.333. The molecule has 0 unspecified atom stereocenters. The fourth-order valence-electron chi connectivity index (χ4n) is 1.06. The van der Waals surface area contributed by atoms with Crippen LogP contribution in [0.3, 0.4) is 0 Å². The van der Waals surface area contributed by atoms with Gasteiger partial charge in [-0.15, -0.1) is 10.1 Å². The van der Waals surface area contributed by atoms with E-state index in [4.69, 9.17) is 5.11 Å². The van der Waals surface area contributed by atoms with Crippen molar-refractivity contribution >= 4 is 0 Å². The van der Waals surface area contributed by atoms with Crippen LogP contribution < -0.4 is 0 Å². The molecule has 1 aromatic rings. The smallest absolute Gasteiger partial charge is 0.294 e. The number of nitrogens with zero attached hydrogens (tertiary/aromatic N) is 1. The Hall–Kier alpha value is -1.62. The molecule has 0 bridgehead atoms. The van der Waals surface area contributed by atoms with E-state index in [1.165, 1.54) is 0 Å². The van der Waals surface area contributed by atoms with E-state index in [1.54, 1.807) is 12.1 Å². The van der Waals surface area contributed by atoms with E-state index < -0.39 is 5.09 Å². The van der Waals surface area contributed by atoms with Crippen LogP contribution in [0.2, 0.25) is 0 Å². The van der Waals surface area contributed by atoms with Gasteiger partial charge in [0.25, 0.3) is 5.09 Å². The monoisotopic (exact) mass is 197 g/mol. The Kier molecular flexibility index (Phi) is 3.87. The van der Waals surface area contributed by atoms with Crippen LogP contribution in [-0.4, -0.2) is 16.8 Å². The lowest BCUT2D eigenvalue weighted by Crippen LogP contribution is -2.00. The van der Waals surface area contributed by atoms with Crippen LogP contribution in [0.5, 0.6) is 0 Å². The highest BCUT2D eigenvalue weighted by Crippen LogP contribution is 2.06. The standard InChI is InChI=1S/C9H11NO4/c11-6-5-8-1-3-9(4-2-8)7-14-10(12)13/h1-4,11H,5-7H2. The van der Waals surface area contributed by atoms with Gasteiger partial charge in [-0.1, -0.05) is 24.3 Å². The van der Waals surface area contributed by atoms with Gasteiger partial charge in [-0.2, -0.15) is 0 Å². The molecule has 0 spiro atoms. The van der Waals surface area contributed by atoms with Gasteiger partial charge in [0, 0.05) is 6.61 Å².